The molecule has 2 aliphatic rings. The van der Waals surface area contributed by atoms with E-state index in [2.05, 4.69) is 47.8 Å². The van der Waals surface area contributed by atoms with E-state index < -0.39 is 0 Å². The van der Waals surface area contributed by atoms with Crippen LogP contribution in [0.5, 0.6) is 0 Å². The van der Waals surface area contributed by atoms with Crippen LogP contribution < -0.4 is 0 Å². The van der Waals surface area contributed by atoms with E-state index in [1.807, 2.05) is 7.11 Å². The van der Waals surface area contributed by atoms with Gasteiger partial charge in [-0.05, 0) is 50.5 Å². The molecule has 0 spiro atoms. The average Bonchev–Trinajstić information content (AvgIpc) is 3.10. The summed E-state index contributed by atoms with van der Waals surface area (Å²) in [6.07, 6.45) is 10.3. The summed E-state index contributed by atoms with van der Waals surface area (Å²) >= 11 is 0. The van der Waals surface area contributed by atoms with Gasteiger partial charge in [0.1, 0.15) is 0 Å². The minimum absolute atomic E-state index is 0.176. The van der Waals surface area contributed by atoms with Crippen LogP contribution in [0.4, 0.5) is 0 Å². The van der Waals surface area contributed by atoms with Crippen molar-refractivity contribution in [3.05, 3.63) is 18.0 Å². The summed E-state index contributed by atoms with van der Waals surface area (Å²) < 4.78 is 7.90. The molecule has 2 fully saturated rings. The topological polar surface area (TPSA) is 30.3 Å². The highest BCUT2D eigenvalue weighted by Gasteiger charge is 2.45. The molecule has 0 atom stereocenters. The van der Waals surface area contributed by atoms with Crippen molar-refractivity contribution in [2.75, 3.05) is 26.7 Å². The van der Waals surface area contributed by atoms with E-state index in [1.54, 1.807) is 0 Å². The Morgan fingerprint density at radius 1 is 1.23 bits per heavy atom. The fourth-order valence-electron chi connectivity index (χ4n) is 3.63. The minimum atomic E-state index is 0.176. The molecule has 1 aliphatic carbocycles. The zero-order chi connectivity index (χ0) is 15.8. The van der Waals surface area contributed by atoms with Gasteiger partial charge in [0, 0.05) is 32.9 Å². The first-order valence-electron chi connectivity index (χ1n) is 8.76. The molecule has 0 aromatic carbocycles. The fraction of sp³-hybridized carbons (Fsp3) is 0.833. The van der Waals surface area contributed by atoms with E-state index in [-0.39, 0.29) is 11.1 Å². The molecule has 3 rings (SSSR count). The standard InChI is InChI=1S/C18H31N3O/c1-15(2)11-16-12-19-21(13-16)17(3)7-9-20(10-8-17)14-18(22-4)5-6-18/h12-13,15H,5-11,14H2,1-4H3. The van der Waals surface area contributed by atoms with Crippen LogP contribution in [-0.2, 0) is 16.7 Å². The first-order valence-corrected chi connectivity index (χ1v) is 8.76. The first kappa shape index (κ1) is 16.0. The molecule has 0 unspecified atom stereocenters. The second kappa shape index (κ2) is 5.97. The SMILES string of the molecule is COC1(CN2CCC(C)(n3cc(CC(C)C)cn3)CC2)CC1. The van der Waals surface area contributed by atoms with Gasteiger partial charge in [-0.1, -0.05) is 13.8 Å². The molecular formula is C18H31N3O. The number of aromatic nitrogens is 2. The predicted octanol–water partition coefficient (Wildman–Crippen LogP) is 3.07. The molecule has 0 bridgehead atoms. The van der Waals surface area contributed by atoms with Crippen LogP contribution in [0.2, 0.25) is 0 Å². The molecule has 0 amide bonds. The smallest absolute Gasteiger partial charge is 0.0807 e. The van der Waals surface area contributed by atoms with Crippen LogP contribution in [0.1, 0.15) is 52.0 Å². The Labute approximate surface area is 134 Å². The van der Waals surface area contributed by atoms with E-state index in [0.29, 0.717) is 5.92 Å². The molecule has 22 heavy (non-hydrogen) atoms. The minimum Gasteiger partial charge on any atom is -0.377 e. The Balaban J connectivity index is 1.58. The molecule has 124 valence electrons. The summed E-state index contributed by atoms with van der Waals surface area (Å²) in [4.78, 5) is 2.58. The number of methoxy groups -OCH3 is 1. The van der Waals surface area contributed by atoms with E-state index in [1.165, 1.54) is 31.2 Å². The highest BCUT2D eigenvalue weighted by Crippen LogP contribution is 2.41. The molecule has 1 aromatic heterocycles. The van der Waals surface area contributed by atoms with Gasteiger partial charge < -0.3 is 9.64 Å². The number of ether oxygens (including phenoxy) is 1. The molecule has 1 saturated carbocycles. The highest BCUT2D eigenvalue weighted by molar-refractivity contribution is 5.07. The van der Waals surface area contributed by atoms with Gasteiger partial charge in [-0.3, -0.25) is 4.68 Å². The third-order valence-corrected chi connectivity index (χ3v) is 5.52. The van der Waals surface area contributed by atoms with Crippen LogP contribution in [0.15, 0.2) is 12.4 Å². The zero-order valence-corrected chi connectivity index (χ0v) is 14.6. The lowest BCUT2D eigenvalue weighted by molar-refractivity contribution is 0.0214. The maximum Gasteiger partial charge on any atom is 0.0807 e. The molecule has 4 nitrogen and oxygen atoms in total. The van der Waals surface area contributed by atoms with Gasteiger partial charge in [-0.25, -0.2) is 0 Å². The van der Waals surface area contributed by atoms with Gasteiger partial charge in [0.25, 0.3) is 0 Å². The monoisotopic (exact) mass is 305 g/mol. The molecular weight excluding hydrogens is 274 g/mol. The van der Waals surface area contributed by atoms with Crippen molar-refractivity contribution in [2.24, 2.45) is 5.92 Å². The lowest BCUT2D eigenvalue weighted by Crippen LogP contribution is -2.47. The maximum atomic E-state index is 5.67. The summed E-state index contributed by atoms with van der Waals surface area (Å²) in [6, 6.07) is 0. The Kier molecular flexibility index (Phi) is 4.34. The Morgan fingerprint density at radius 2 is 1.91 bits per heavy atom. The number of nitrogens with zero attached hydrogens (tertiary/aromatic N) is 3. The number of likely N-dealkylation sites (tertiary alicyclic amines) is 1. The Morgan fingerprint density at radius 3 is 2.45 bits per heavy atom. The number of rotatable bonds is 6. The lowest BCUT2D eigenvalue weighted by Gasteiger charge is -2.40. The lowest BCUT2D eigenvalue weighted by atomic mass is 9.89. The highest BCUT2D eigenvalue weighted by atomic mass is 16.5. The van der Waals surface area contributed by atoms with Gasteiger partial charge in [0.15, 0.2) is 0 Å². The van der Waals surface area contributed by atoms with Crippen molar-refractivity contribution in [3.8, 4) is 0 Å². The number of piperidine rings is 1. The molecule has 1 aromatic rings. The number of hydrogen-bond donors (Lipinski definition) is 0. The van der Waals surface area contributed by atoms with Gasteiger partial charge in [0.05, 0.1) is 17.3 Å². The summed E-state index contributed by atoms with van der Waals surface area (Å²) in [6.45, 7) is 10.3. The summed E-state index contributed by atoms with van der Waals surface area (Å²) in [5, 5.41) is 4.67. The van der Waals surface area contributed by atoms with E-state index >= 15 is 0 Å². The van der Waals surface area contributed by atoms with E-state index in [4.69, 9.17) is 4.74 Å². The van der Waals surface area contributed by atoms with E-state index in [9.17, 15) is 0 Å². The fourth-order valence-corrected chi connectivity index (χ4v) is 3.63. The summed E-state index contributed by atoms with van der Waals surface area (Å²) in [5.74, 6) is 0.691. The third-order valence-electron chi connectivity index (χ3n) is 5.52. The average molecular weight is 305 g/mol. The Hall–Kier alpha value is -0.870. The van der Waals surface area contributed by atoms with Crippen LogP contribution in [-0.4, -0.2) is 47.0 Å². The third kappa shape index (κ3) is 3.38. The van der Waals surface area contributed by atoms with Crippen molar-refractivity contribution >= 4 is 0 Å². The van der Waals surface area contributed by atoms with Crippen molar-refractivity contribution in [1.82, 2.24) is 14.7 Å². The molecule has 1 saturated heterocycles. The van der Waals surface area contributed by atoms with Crippen LogP contribution in [0.3, 0.4) is 0 Å². The quantitative estimate of drug-likeness (QED) is 0.809. The molecule has 4 heteroatoms. The largest absolute Gasteiger partial charge is 0.377 e. The molecule has 1 aliphatic heterocycles. The van der Waals surface area contributed by atoms with Crippen LogP contribution >= 0.6 is 0 Å². The van der Waals surface area contributed by atoms with Gasteiger partial charge in [-0.2, -0.15) is 5.10 Å². The van der Waals surface area contributed by atoms with Gasteiger partial charge in [0.2, 0.25) is 0 Å². The van der Waals surface area contributed by atoms with Crippen molar-refractivity contribution in [3.63, 3.8) is 0 Å². The first-order chi connectivity index (χ1) is 10.4. The van der Waals surface area contributed by atoms with Crippen molar-refractivity contribution in [2.45, 2.75) is 64.0 Å². The van der Waals surface area contributed by atoms with Crippen LogP contribution in [0, 0.1) is 5.92 Å². The number of hydrogen-bond acceptors (Lipinski definition) is 3. The van der Waals surface area contributed by atoms with E-state index in [0.717, 1.165) is 26.1 Å². The summed E-state index contributed by atoms with van der Waals surface area (Å²) in [5.41, 5.74) is 1.73. The van der Waals surface area contributed by atoms with Gasteiger partial charge >= 0.3 is 0 Å². The molecule has 0 radical (unpaired) electrons. The van der Waals surface area contributed by atoms with Crippen LogP contribution in [0.25, 0.3) is 0 Å². The molecule has 0 N–H and O–H groups in total. The second-order valence-electron chi connectivity index (χ2n) is 8.05. The second-order valence-corrected chi connectivity index (χ2v) is 8.05. The summed E-state index contributed by atoms with van der Waals surface area (Å²) in [7, 11) is 1.86. The molecule has 2 heterocycles. The zero-order valence-electron chi connectivity index (χ0n) is 14.6. The Bertz CT molecular complexity index is 496. The predicted molar refractivity (Wildman–Crippen MR) is 89.1 cm³/mol. The van der Waals surface area contributed by atoms with Crippen molar-refractivity contribution in [1.29, 1.82) is 0 Å². The normalized spacial score (nSPS) is 23.9. The van der Waals surface area contributed by atoms with Gasteiger partial charge in [-0.15, -0.1) is 0 Å². The maximum absolute atomic E-state index is 5.67. The van der Waals surface area contributed by atoms with Crippen molar-refractivity contribution < 1.29 is 4.74 Å².